The molecule has 0 aliphatic carbocycles. The van der Waals surface area contributed by atoms with Gasteiger partial charge in [-0.3, -0.25) is 0 Å². The first-order valence-corrected chi connectivity index (χ1v) is 9.40. The molecule has 2 heterocycles. The number of hydrogen-bond donors (Lipinski definition) is 2. The first-order chi connectivity index (χ1) is 15.5. The number of anilines is 2. The normalized spacial score (nSPS) is 10.3. The first-order valence-electron chi connectivity index (χ1n) is 9.40. The standard InChI is InChI=1S/C23H16F2N4O3/c24-15-3-1-5-19(11-15)31-21-9-7-17(13-26-21)28-23(30)29-18-8-10-22(27-14-18)32-20-6-2-4-16(25)12-20/h1-14H,(H2,28,29,30). The zero-order valence-corrected chi connectivity index (χ0v) is 16.5. The van der Waals surface area contributed by atoms with E-state index in [1.807, 2.05) is 0 Å². The second-order valence-electron chi connectivity index (χ2n) is 6.47. The van der Waals surface area contributed by atoms with E-state index in [1.165, 1.54) is 48.8 Å². The molecule has 2 N–H and O–H groups in total. The third-order valence-electron chi connectivity index (χ3n) is 4.03. The van der Waals surface area contributed by atoms with Crippen molar-refractivity contribution in [2.45, 2.75) is 0 Å². The maximum atomic E-state index is 13.2. The number of hydrogen-bond acceptors (Lipinski definition) is 5. The van der Waals surface area contributed by atoms with E-state index in [0.29, 0.717) is 22.9 Å². The number of nitrogens with one attached hydrogen (secondary N) is 2. The van der Waals surface area contributed by atoms with Gasteiger partial charge in [0, 0.05) is 24.3 Å². The fraction of sp³-hybridized carbons (Fsp3) is 0. The molecule has 0 radical (unpaired) electrons. The zero-order valence-electron chi connectivity index (χ0n) is 16.5. The lowest BCUT2D eigenvalue weighted by Gasteiger charge is -2.09. The van der Waals surface area contributed by atoms with Gasteiger partial charge in [0.15, 0.2) is 0 Å². The third kappa shape index (κ3) is 5.76. The second-order valence-corrected chi connectivity index (χ2v) is 6.47. The molecule has 2 amide bonds. The van der Waals surface area contributed by atoms with Crippen LogP contribution in [-0.4, -0.2) is 16.0 Å². The van der Waals surface area contributed by atoms with Crippen molar-refractivity contribution >= 4 is 17.4 Å². The van der Waals surface area contributed by atoms with Crippen LogP contribution in [-0.2, 0) is 0 Å². The van der Waals surface area contributed by atoms with E-state index in [4.69, 9.17) is 9.47 Å². The van der Waals surface area contributed by atoms with E-state index < -0.39 is 17.7 Å². The smallest absolute Gasteiger partial charge is 0.323 e. The summed E-state index contributed by atoms with van der Waals surface area (Å²) in [5, 5.41) is 5.24. The molecule has 0 aliphatic heterocycles. The molecular formula is C23H16F2N4O3. The van der Waals surface area contributed by atoms with Gasteiger partial charge in [-0.15, -0.1) is 0 Å². The van der Waals surface area contributed by atoms with Crippen LogP contribution in [0.3, 0.4) is 0 Å². The largest absolute Gasteiger partial charge is 0.439 e. The highest BCUT2D eigenvalue weighted by Gasteiger charge is 2.06. The van der Waals surface area contributed by atoms with Gasteiger partial charge < -0.3 is 20.1 Å². The van der Waals surface area contributed by atoms with Crippen LogP contribution in [0.1, 0.15) is 0 Å². The number of urea groups is 1. The van der Waals surface area contributed by atoms with Gasteiger partial charge in [-0.05, 0) is 36.4 Å². The molecule has 0 saturated heterocycles. The number of rotatable bonds is 6. The summed E-state index contributed by atoms with van der Waals surface area (Å²) in [6.45, 7) is 0. The van der Waals surface area contributed by atoms with Crippen molar-refractivity contribution in [1.82, 2.24) is 9.97 Å². The van der Waals surface area contributed by atoms with Crippen LogP contribution in [0.2, 0.25) is 0 Å². The lowest BCUT2D eigenvalue weighted by Crippen LogP contribution is -2.19. The maximum Gasteiger partial charge on any atom is 0.323 e. The van der Waals surface area contributed by atoms with Gasteiger partial charge in [0.2, 0.25) is 11.8 Å². The Bertz CT molecular complexity index is 1120. The highest BCUT2D eigenvalue weighted by atomic mass is 19.1. The molecule has 2 aromatic heterocycles. The van der Waals surface area contributed by atoms with Crippen LogP contribution in [0, 0.1) is 11.6 Å². The summed E-state index contributed by atoms with van der Waals surface area (Å²) in [5.74, 6) is 0.293. The molecule has 160 valence electrons. The quantitative estimate of drug-likeness (QED) is 0.390. The molecule has 7 nitrogen and oxygen atoms in total. The Hall–Kier alpha value is -4.53. The molecule has 9 heteroatoms. The van der Waals surface area contributed by atoms with Gasteiger partial charge in [0.1, 0.15) is 23.1 Å². The number of halogens is 2. The summed E-state index contributed by atoms with van der Waals surface area (Å²) < 4.78 is 37.3. The van der Waals surface area contributed by atoms with E-state index in [2.05, 4.69) is 20.6 Å². The number of ether oxygens (including phenoxy) is 2. The average molecular weight is 434 g/mol. The van der Waals surface area contributed by atoms with E-state index in [1.54, 1.807) is 36.4 Å². The van der Waals surface area contributed by atoms with E-state index in [9.17, 15) is 13.6 Å². The number of pyridine rings is 2. The summed E-state index contributed by atoms with van der Waals surface area (Å²) in [7, 11) is 0. The molecule has 4 aromatic rings. The average Bonchev–Trinajstić information content (AvgIpc) is 2.77. The number of carbonyl (C=O) groups excluding carboxylic acids is 1. The Morgan fingerprint density at radius 1 is 0.688 bits per heavy atom. The molecule has 0 atom stereocenters. The number of amides is 2. The van der Waals surface area contributed by atoms with Gasteiger partial charge in [0.25, 0.3) is 0 Å². The highest BCUT2D eigenvalue weighted by Crippen LogP contribution is 2.22. The van der Waals surface area contributed by atoms with Crippen molar-refractivity contribution in [3.05, 3.63) is 96.8 Å². The molecule has 0 fully saturated rings. The van der Waals surface area contributed by atoms with Gasteiger partial charge >= 0.3 is 6.03 Å². The van der Waals surface area contributed by atoms with E-state index in [-0.39, 0.29) is 11.8 Å². The Morgan fingerprint density at radius 2 is 1.16 bits per heavy atom. The maximum absolute atomic E-state index is 13.2. The van der Waals surface area contributed by atoms with Crippen LogP contribution >= 0.6 is 0 Å². The summed E-state index contributed by atoms with van der Waals surface area (Å²) in [5.41, 5.74) is 0.848. The van der Waals surface area contributed by atoms with Crippen LogP contribution in [0.25, 0.3) is 0 Å². The number of aromatic nitrogens is 2. The monoisotopic (exact) mass is 434 g/mol. The topological polar surface area (TPSA) is 85.4 Å². The van der Waals surface area contributed by atoms with Gasteiger partial charge in [-0.1, -0.05) is 12.1 Å². The minimum atomic E-state index is -0.508. The predicted octanol–water partition coefficient (Wildman–Crippen LogP) is 5.98. The number of benzene rings is 2. The molecular weight excluding hydrogens is 418 g/mol. The molecule has 4 rings (SSSR count). The number of carbonyl (C=O) groups is 1. The van der Waals surface area contributed by atoms with Crippen molar-refractivity contribution < 1.29 is 23.0 Å². The lowest BCUT2D eigenvalue weighted by molar-refractivity contribution is 0.262. The minimum absolute atomic E-state index is 0.250. The van der Waals surface area contributed by atoms with Gasteiger partial charge in [-0.2, -0.15) is 0 Å². The molecule has 0 bridgehead atoms. The fourth-order valence-electron chi connectivity index (χ4n) is 2.63. The van der Waals surface area contributed by atoms with E-state index >= 15 is 0 Å². The Morgan fingerprint density at radius 3 is 1.53 bits per heavy atom. The van der Waals surface area contributed by atoms with Crippen LogP contribution in [0.4, 0.5) is 25.0 Å². The molecule has 0 saturated carbocycles. The van der Waals surface area contributed by atoms with Crippen molar-refractivity contribution in [2.24, 2.45) is 0 Å². The van der Waals surface area contributed by atoms with Crippen LogP contribution < -0.4 is 20.1 Å². The van der Waals surface area contributed by atoms with Gasteiger partial charge in [0.05, 0.1) is 23.8 Å². The van der Waals surface area contributed by atoms with Crippen molar-refractivity contribution in [1.29, 1.82) is 0 Å². The minimum Gasteiger partial charge on any atom is -0.439 e. The Labute approximate surface area is 181 Å². The SMILES string of the molecule is O=C(Nc1ccc(Oc2cccc(F)c2)nc1)Nc1ccc(Oc2cccc(F)c2)nc1. The van der Waals surface area contributed by atoms with Crippen molar-refractivity contribution in [2.75, 3.05) is 10.6 Å². The van der Waals surface area contributed by atoms with E-state index in [0.717, 1.165) is 0 Å². The summed E-state index contributed by atoms with van der Waals surface area (Å²) >= 11 is 0. The molecule has 0 aliphatic rings. The van der Waals surface area contributed by atoms with Crippen molar-refractivity contribution in [3.8, 4) is 23.3 Å². The predicted molar refractivity (Wildman–Crippen MR) is 114 cm³/mol. The first kappa shape index (κ1) is 20.7. The summed E-state index contributed by atoms with van der Waals surface area (Å²) in [6.07, 6.45) is 2.81. The third-order valence-corrected chi connectivity index (χ3v) is 4.03. The molecule has 32 heavy (non-hydrogen) atoms. The second kappa shape index (κ2) is 9.52. The fourth-order valence-corrected chi connectivity index (χ4v) is 2.63. The highest BCUT2D eigenvalue weighted by molar-refractivity contribution is 5.99. The van der Waals surface area contributed by atoms with Gasteiger partial charge in [-0.25, -0.2) is 23.5 Å². The lowest BCUT2D eigenvalue weighted by atomic mass is 10.3. The van der Waals surface area contributed by atoms with Crippen LogP contribution in [0.5, 0.6) is 23.3 Å². The molecule has 0 unspecified atom stereocenters. The number of nitrogens with zero attached hydrogens (tertiary/aromatic N) is 2. The zero-order chi connectivity index (χ0) is 22.3. The van der Waals surface area contributed by atoms with Crippen molar-refractivity contribution in [3.63, 3.8) is 0 Å². The molecule has 2 aromatic carbocycles. The molecule has 0 spiro atoms. The summed E-state index contributed by atoms with van der Waals surface area (Å²) in [4.78, 5) is 20.3. The summed E-state index contributed by atoms with van der Waals surface area (Å²) in [6, 6.07) is 17.1. The Kier molecular flexibility index (Phi) is 6.17. The Balaban J connectivity index is 1.30. The van der Waals surface area contributed by atoms with Crippen LogP contribution in [0.15, 0.2) is 85.2 Å².